The van der Waals surface area contributed by atoms with Gasteiger partial charge in [0.2, 0.25) is 11.8 Å². The van der Waals surface area contributed by atoms with Gasteiger partial charge in [-0.3, -0.25) is 9.59 Å². The first-order chi connectivity index (χ1) is 13.9. The van der Waals surface area contributed by atoms with Gasteiger partial charge in [-0.05, 0) is 41.2 Å². The molecular formula is C25H30N2O2. The van der Waals surface area contributed by atoms with Crippen molar-refractivity contribution >= 4 is 11.8 Å². The van der Waals surface area contributed by atoms with Crippen LogP contribution < -0.4 is 10.6 Å². The van der Waals surface area contributed by atoms with Gasteiger partial charge in [0.05, 0.1) is 0 Å². The Balaban J connectivity index is 1.19. The van der Waals surface area contributed by atoms with Gasteiger partial charge in [-0.15, -0.1) is 0 Å². The number of carbonyl (C=O) groups is 2. The molecule has 0 aliphatic heterocycles. The minimum absolute atomic E-state index is 0.0842. The predicted octanol–water partition coefficient (Wildman–Crippen LogP) is 3.85. The van der Waals surface area contributed by atoms with Crippen LogP contribution in [0.4, 0.5) is 0 Å². The highest BCUT2D eigenvalue weighted by Crippen LogP contribution is 2.48. The van der Waals surface area contributed by atoms with Crippen molar-refractivity contribution in [2.75, 3.05) is 13.1 Å². The molecular weight excluding hydrogens is 360 g/mol. The van der Waals surface area contributed by atoms with Crippen LogP contribution >= 0.6 is 0 Å². The van der Waals surface area contributed by atoms with Crippen molar-refractivity contribution in [2.45, 2.75) is 38.5 Å². The fourth-order valence-corrected chi connectivity index (χ4v) is 4.08. The van der Waals surface area contributed by atoms with Crippen molar-refractivity contribution in [1.82, 2.24) is 10.6 Å². The van der Waals surface area contributed by atoms with Gasteiger partial charge >= 0.3 is 0 Å². The molecule has 4 atom stereocenters. The third-order valence-corrected chi connectivity index (χ3v) is 6.19. The lowest BCUT2D eigenvalue weighted by molar-refractivity contribution is -0.122. The smallest absolute Gasteiger partial charge is 0.223 e. The lowest BCUT2D eigenvalue weighted by Crippen LogP contribution is -2.43. The lowest BCUT2D eigenvalue weighted by Gasteiger charge is -2.25. The fourth-order valence-electron chi connectivity index (χ4n) is 4.08. The number of nitrogens with one attached hydrogen (secondary N) is 2. The minimum atomic E-state index is -0.181. The van der Waals surface area contributed by atoms with E-state index in [1.54, 1.807) is 0 Å². The summed E-state index contributed by atoms with van der Waals surface area (Å²) in [5.74, 6) is 1.13. The molecule has 0 radical (unpaired) electrons. The van der Waals surface area contributed by atoms with E-state index in [4.69, 9.17) is 0 Å². The quantitative estimate of drug-likeness (QED) is 0.719. The highest BCUT2D eigenvalue weighted by atomic mass is 16.2. The van der Waals surface area contributed by atoms with E-state index < -0.39 is 0 Å². The van der Waals surface area contributed by atoms with E-state index in [2.05, 4.69) is 48.7 Å². The van der Waals surface area contributed by atoms with Crippen molar-refractivity contribution < 1.29 is 9.59 Å². The molecule has 4 nitrogen and oxygen atoms in total. The number of rotatable bonds is 8. The molecule has 2 saturated carbocycles. The lowest BCUT2D eigenvalue weighted by atomic mass is 9.93. The molecule has 4 rings (SSSR count). The van der Waals surface area contributed by atoms with Crippen LogP contribution in [-0.4, -0.2) is 24.9 Å². The second-order valence-corrected chi connectivity index (χ2v) is 9.32. The molecule has 2 fully saturated rings. The molecule has 2 N–H and O–H groups in total. The minimum Gasteiger partial charge on any atom is -0.355 e. The molecule has 0 bridgehead atoms. The third-order valence-electron chi connectivity index (χ3n) is 6.19. The maximum Gasteiger partial charge on any atom is 0.223 e. The van der Waals surface area contributed by atoms with E-state index in [1.807, 2.05) is 36.4 Å². The van der Waals surface area contributed by atoms with Gasteiger partial charge in [-0.1, -0.05) is 74.5 Å². The fraction of sp³-hybridized carbons (Fsp3) is 0.440. The molecule has 2 aromatic carbocycles. The zero-order valence-corrected chi connectivity index (χ0v) is 17.2. The summed E-state index contributed by atoms with van der Waals surface area (Å²) in [4.78, 5) is 25.0. The number of hydrogen-bond donors (Lipinski definition) is 2. The summed E-state index contributed by atoms with van der Waals surface area (Å²) in [6, 6.07) is 20.5. The molecule has 2 aliphatic carbocycles. The zero-order chi connectivity index (χ0) is 20.4. The largest absolute Gasteiger partial charge is 0.355 e. The van der Waals surface area contributed by atoms with Crippen molar-refractivity contribution in [2.24, 2.45) is 17.3 Å². The first kappa shape index (κ1) is 19.7. The number of carbonyl (C=O) groups excluding carboxylic acids is 2. The number of benzene rings is 2. The van der Waals surface area contributed by atoms with Crippen LogP contribution in [0.15, 0.2) is 60.7 Å². The van der Waals surface area contributed by atoms with E-state index >= 15 is 0 Å². The molecule has 2 aromatic rings. The van der Waals surface area contributed by atoms with E-state index in [0.29, 0.717) is 24.9 Å². The van der Waals surface area contributed by atoms with Crippen LogP contribution in [0.5, 0.6) is 0 Å². The summed E-state index contributed by atoms with van der Waals surface area (Å²) in [5, 5.41) is 6.20. The monoisotopic (exact) mass is 390 g/mol. The average molecular weight is 391 g/mol. The van der Waals surface area contributed by atoms with Crippen molar-refractivity contribution in [3.8, 4) is 0 Å². The summed E-state index contributed by atoms with van der Waals surface area (Å²) in [6.07, 6.45) is 1.85. The van der Waals surface area contributed by atoms with E-state index in [1.165, 1.54) is 11.1 Å². The second-order valence-electron chi connectivity index (χ2n) is 9.32. The van der Waals surface area contributed by atoms with Crippen LogP contribution in [0.25, 0.3) is 0 Å². The van der Waals surface area contributed by atoms with Gasteiger partial charge in [-0.25, -0.2) is 0 Å². The summed E-state index contributed by atoms with van der Waals surface area (Å²) in [7, 11) is 0. The summed E-state index contributed by atoms with van der Waals surface area (Å²) in [6.45, 7) is 5.29. The number of hydrogen-bond acceptors (Lipinski definition) is 2. The van der Waals surface area contributed by atoms with Crippen LogP contribution in [0.3, 0.4) is 0 Å². The van der Waals surface area contributed by atoms with Crippen LogP contribution in [-0.2, 0) is 9.59 Å². The Kier molecular flexibility index (Phi) is 5.44. The molecule has 0 spiro atoms. The van der Waals surface area contributed by atoms with Gasteiger partial charge in [-0.2, -0.15) is 0 Å². The molecule has 0 aromatic heterocycles. The Morgan fingerprint density at radius 3 is 1.52 bits per heavy atom. The average Bonchev–Trinajstić information content (AvgIpc) is 3.65. The normalized spacial score (nSPS) is 25.2. The summed E-state index contributed by atoms with van der Waals surface area (Å²) in [5.41, 5.74) is 2.31. The maximum atomic E-state index is 12.5. The van der Waals surface area contributed by atoms with Gasteiger partial charge in [0.25, 0.3) is 0 Å². The van der Waals surface area contributed by atoms with E-state index in [0.717, 1.165) is 12.8 Å². The molecule has 0 heterocycles. The van der Waals surface area contributed by atoms with Crippen LogP contribution in [0.1, 0.15) is 49.7 Å². The standard InChI is InChI=1S/C25H30N2O2/c1-25(2,15-26-23(28)21-13-19(21)17-9-5-3-6-10-17)16-27-24(29)22-14-20(22)18-11-7-4-8-12-18/h3-12,19-22H,13-16H2,1-2H3,(H,26,28)(H,27,29). The predicted molar refractivity (Wildman–Crippen MR) is 114 cm³/mol. The SMILES string of the molecule is CC(C)(CNC(=O)C1CC1c1ccccc1)CNC(=O)C1CC1c1ccccc1. The summed E-state index contributed by atoms with van der Waals surface area (Å²) >= 11 is 0. The Labute approximate surface area is 173 Å². The molecule has 0 saturated heterocycles. The molecule has 4 unspecified atom stereocenters. The zero-order valence-electron chi connectivity index (χ0n) is 17.2. The maximum absolute atomic E-state index is 12.5. The van der Waals surface area contributed by atoms with Crippen molar-refractivity contribution in [1.29, 1.82) is 0 Å². The summed E-state index contributed by atoms with van der Waals surface area (Å²) < 4.78 is 0. The van der Waals surface area contributed by atoms with Crippen molar-refractivity contribution in [3.05, 3.63) is 71.8 Å². The van der Waals surface area contributed by atoms with Crippen LogP contribution in [0.2, 0.25) is 0 Å². The number of amides is 2. The van der Waals surface area contributed by atoms with Gasteiger partial charge in [0.1, 0.15) is 0 Å². The first-order valence-electron chi connectivity index (χ1n) is 10.6. The molecule has 152 valence electrons. The Morgan fingerprint density at radius 2 is 1.14 bits per heavy atom. The topological polar surface area (TPSA) is 58.2 Å². The molecule has 4 heteroatoms. The third kappa shape index (κ3) is 4.87. The Morgan fingerprint density at radius 1 is 0.759 bits per heavy atom. The Hall–Kier alpha value is -2.62. The molecule has 2 aliphatic rings. The van der Waals surface area contributed by atoms with Gasteiger partial charge in [0, 0.05) is 24.9 Å². The van der Waals surface area contributed by atoms with Gasteiger partial charge < -0.3 is 10.6 Å². The Bertz CT molecular complexity index is 791. The van der Waals surface area contributed by atoms with Gasteiger partial charge in [0.15, 0.2) is 0 Å². The van der Waals surface area contributed by atoms with Crippen LogP contribution in [0, 0.1) is 17.3 Å². The highest BCUT2D eigenvalue weighted by molar-refractivity contribution is 5.83. The molecule has 2 amide bonds. The van der Waals surface area contributed by atoms with Crippen molar-refractivity contribution in [3.63, 3.8) is 0 Å². The van der Waals surface area contributed by atoms with E-state index in [-0.39, 0.29) is 29.1 Å². The second kappa shape index (κ2) is 8.02. The first-order valence-corrected chi connectivity index (χ1v) is 10.6. The highest BCUT2D eigenvalue weighted by Gasteiger charge is 2.45. The molecule has 29 heavy (non-hydrogen) atoms. The van der Waals surface area contributed by atoms with E-state index in [9.17, 15) is 9.59 Å².